The summed E-state index contributed by atoms with van der Waals surface area (Å²) in [4.78, 5) is 13.2. The number of ether oxygens (including phenoxy) is 2. The molecule has 0 aliphatic heterocycles. The molecular weight excluding hydrogens is 334 g/mol. The maximum Gasteiger partial charge on any atom is 0.407 e. The summed E-state index contributed by atoms with van der Waals surface area (Å²) in [5.41, 5.74) is 1.95. The maximum atomic E-state index is 11.9. The Hall–Kier alpha value is -1.36. The predicted molar refractivity (Wildman–Crippen MR) is 106 cm³/mol. The SMILES string of the molecule is CCCCc1cc(OC)c(CC(C)NC(=O)OC(C)(C)C)cc1SC. The third kappa shape index (κ3) is 7.59. The average molecular weight is 368 g/mol. The van der Waals surface area contributed by atoms with E-state index in [0.717, 1.165) is 17.7 Å². The Morgan fingerprint density at radius 2 is 1.96 bits per heavy atom. The van der Waals surface area contributed by atoms with Crippen molar-refractivity contribution in [1.29, 1.82) is 0 Å². The van der Waals surface area contributed by atoms with Crippen molar-refractivity contribution in [1.82, 2.24) is 5.32 Å². The first-order valence-electron chi connectivity index (χ1n) is 8.93. The third-order valence-corrected chi connectivity index (χ3v) is 4.59. The molecule has 0 radical (unpaired) electrons. The first-order valence-corrected chi connectivity index (χ1v) is 10.2. The minimum atomic E-state index is -0.492. The lowest BCUT2D eigenvalue weighted by Crippen LogP contribution is -2.38. The number of hydrogen-bond acceptors (Lipinski definition) is 4. The van der Waals surface area contributed by atoms with E-state index in [-0.39, 0.29) is 12.1 Å². The largest absolute Gasteiger partial charge is 0.496 e. The molecular formula is C20H33NO3S. The zero-order valence-electron chi connectivity index (χ0n) is 16.7. The number of hydrogen-bond donors (Lipinski definition) is 1. The molecule has 0 heterocycles. The van der Waals surface area contributed by atoms with Crippen LogP contribution in [-0.2, 0) is 17.6 Å². The van der Waals surface area contributed by atoms with Crippen LogP contribution < -0.4 is 10.1 Å². The van der Waals surface area contributed by atoms with E-state index in [4.69, 9.17) is 9.47 Å². The van der Waals surface area contributed by atoms with Crippen molar-refractivity contribution in [2.45, 2.75) is 76.8 Å². The van der Waals surface area contributed by atoms with Crippen LogP contribution in [0.2, 0.25) is 0 Å². The Kier molecular flexibility index (Phi) is 8.63. The number of carbonyl (C=O) groups excluding carboxylic acids is 1. The molecule has 5 heteroatoms. The summed E-state index contributed by atoms with van der Waals surface area (Å²) in [6, 6.07) is 4.30. The second-order valence-electron chi connectivity index (χ2n) is 7.33. The highest BCUT2D eigenvalue weighted by Gasteiger charge is 2.19. The molecule has 1 unspecified atom stereocenters. The van der Waals surface area contributed by atoms with E-state index < -0.39 is 5.60 Å². The number of benzene rings is 1. The number of rotatable bonds is 8. The van der Waals surface area contributed by atoms with Crippen molar-refractivity contribution in [3.05, 3.63) is 23.3 Å². The zero-order chi connectivity index (χ0) is 19.0. The van der Waals surface area contributed by atoms with Crippen molar-refractivity contribution in [3.8, 4) is 5.75 Å². The average Bonchev–Trinajstić information content (AvgIpc) is 2.50. The number of amides is 1. The first-order chi connectivity index (χ1) is 11.7. The molecule has 0 aromatic heterocycles. The lowest BCUT2D eigenvalue weighted by molar-refractivity contribution is 0.0508. The summed E-state index contributed by atoms with van der Waals surface area (Å²) in [7, 11) is 1.70. The second-order valence-corrected chi connectivity index (χ2v) is 8.18. The van der Waals surface area contributed by atoms with E-state index >= 15 is 0 Å². The molecule has 0 fully saturated rings. The van der Waals surface area contributed by atoms with Crippen LogP contribution in [-0.4, -0.2) is 31.1 Å². The predicted octanol–water partition coefficient (Wildman–Crippen LogP) is 5.22. The number of nitrogens with one attached hydrogen (secondary N) is 1. The van der Waals surface area contributed by atoms with E-state index in [1.807, 2.05) is 27.7 Å². The van der Waals surface area contributed by atoms with Gasteiger partial charge in [0.2, 0.25) is 0 Å². The van der Waals surface area contributed by atoms with Gasteiger partial charge in [0.05, 0.1) is 7.11 Å². The lowest BCUT2D eigenvalue weighted by Gasteiger charge is -2.22. The fourth-order valence-electron chi connectivity index (χ4n) is 2.64. The molecule has 0 saturated carbocycles. The van der Waals surface area contributed by atoms with Crippen LogP contribution >= 0.6 is 11.8 Å². The smallest absolute Gasteiger partial charge is 0.407 e. The zero-order valence-corrected chi connectivity index (χ0v) is 17.5. The molecule has 0 aliphatic carbocycles. The van der Waals surface area contributed by atoms with Crippen LogP contribution in [0.25, 0.3) is 0 Å². The van der Waals surface area contributed by atoms with E-state index in [1.54, 1.807) is 18.9 Å². The van der Waals surface area contributed by atoms with Crippen LogP contribution in [0.15, 0.2) is 17.0 Å². The van der Waals surface area contributed by atoms with Gasteiger partial charge in [0, 0.05) is 10.9 Å². The fraction of sp³-hybridized carbons (Fsp3) is 0.650. The molecule has 1 rings (SSSR count). The highest BCUT2D eigenvalue weighted by Crippen LogP contribution is 2.31. The van der Waals surface area contributed by atoms with Crippen molar-refractivity contribution < 1.29 is 14.3 Å². The summed E-state index contributed by atoms with van der Waals surface area (Å²) in [6.45, 7) is 9.77. The molecule has 1 N–H and O–H groups in total. The number of alkyl carbamates (subject to hydrolysis) is 1. The van der Waals surface area contributed by atoms with Crippen molar-refractivity contribution in [3.63, 3.8) is 0 Å². The van der Waals surface area contributed by atoms with Gasteiger partial charge in [-0.1, -0.05) is 13.3 Å². The number of thioether (sulfide) groups is 1. The summed E-state index contributed by atoms with van der Waals surface area (Å²) in [5.74, 6) is 0.891. The molecule has 1 amide bonds. The maximum absolute atomic E-state index is 11.9. The van der Waals surface area contributed by atoms with E-state index in [9.17, 15) is 4.79 Å². The summed E-state index contributed by atoms with van der Waals surface area (Å²) >= 11 is 1.76. The first kappa shape index (κ1) is 21.7. The van der Waals surface area contributed by atoms with Crippen LogP contribution in [0.4, 0.5) is 4.79 Å². The van der Waals surface area contributed by atoms with Crippen molar-refractivity contribution in [2.24, 2.45) is 0 Å². The molecule has 1 aromatic rings. The summed E-state index contributed by atoms with van der Waals surface area (Å²) in [6.07, 6.45) is 5.83. The van der Waals surface area contributed by atoms with Gasteiger partial charge in [-0.25, -0.2) is 4.79 Å². The van der Waals surface area contributed by atoms with Gasteiger partial charge in [0.1, 0.15) is 11.4 Å². The standard InChI is InChI=1S/C20H33NO3S/c1-8-9-10-15-12-17(23-6)16(13-18(15)25-7)11-14(2)21-19(22)24-20(3,4)5/h12-14H,8-11H2,1-7H3,(H,21,22). The second kappa shape index (κ2) is 9.95. The van der Waals surface area contributed by atoms with E-state index in [2.05, 4.69) is 30.6 Å². The number of aryl methyl sites for hydroxylation is 1. The molecule has 0 bridgehead atoms. The Labute approximate surface area is 157 Å². The highest BCUT2D eigenvalue weighted by atomic mass is 32.2. The lowest BCUT2D eigenvalue weighted by atomic mass is 10.0. The molecule has 1 atom stereocenters. The van der Waals surface area contributed by atoms with Crippen LogP contribution in [0.1, 0.15) is 58.6 Å². The van der Waals surface area contributed by atoms with E-state index in [1.165, 1.54) is 23.3 Å². The number of methoxy groups -OCH3 is 1. The molecule has 0 saturated heterocycles. The van der Waals surface area contributed by atoms with Gasteiger partial charge in [-0.2, -0.15) is 0 Å². The third-order valence-electron chi connectivity index (χ3n) is 3.77. The van der Waals surface area contributed by atoms with Crippen LogP contribution in [0.3, 0.4) is 0 Å². The van der Waals surface area contributed by atoms with Crippen LogP contribution in [0, 0.1) is 0 Å². The number of unbranched alkanes of at least 4 members (excludes halogenated alkanes) is 1. The van der Waals surface area contributed by atoms with Gasteiger partial charge in [0.25, 0.3) is 0 Å². The Bertz CT molecular complexity index is 567. The molecule has 0 aliphatic rings. The summed E-state index contributed by atoms with van der Waals surface area (Å²) < 4.78 is 10.9. The normalized spacial score (nSPS) is 12.6. The van der Waals surface area contributed by atoms with Gasteiger partial charge < -0.3 is 14.8 Å². The highest BCUT2D eigenvalue weighted by molar-refractivity contribution is 7.98. The minimum Gasteiger partial charge on any atom is -0.496 e. The van der Waals surface area contributed by atoms with Gasteiger partial charge in [0.15, 0.2) is 0 Å². The molecule has 1 aromatic carbocycles. The van der Waals surface area contributed by atoms with E-state index in [0.29, 0.717) is 6.42 Å². The number of carbonyl (C=O) groups is 1. The molecule has 4 nitrogen and oxygen atoms in total. The Balaban J connectivity index is 2.87. The van der Waals surface area contributed by atoms with Crippen molar-refractivity contribution >= 4 is 17.9 Å². The monoisotopic (exact) mass is 367 g/mol. The topological polar surface area (TPSA) is 47.6 Å². The summed E-state index contributed by atoms with van der Waals surface area (Å²) in [5, 5.41) is 2.90. The van der Waals surface area contributed by atoms with Crippen LogP contribution in [0.5, 0.6) is 5.75 Å². The van der Waals surface area contributed by atoms with Crippen molar-refractivity contribution in [2.75, 3.05) is 13.4 Å². The minimum absolute atomic E-state index is 0.0417. The quantitative estimate of drug-likeness (QED) is 0.640. The van der Waals surface area contributed by atoms with Gasteiger partial charge >= 0.3 is 6.09 Å². The van der Waals surface area contributed by atoms with Gasteiger partial charge in [-0.3, -0.25) is 0 Å². The van der Waals surface area contributed by atoms with Gasteiger partial charge in [-0.15, -0.1) is 11.8 Å². The Morgan fingerprint density at radius 3 is 2.48 bits per heavy atom. The molecule has 142 valence electrons. The van der Waals surface area contributed by atoms with Gasteiger partial charge in [-0.05, 0) is 76.5 Å². The molecule has 0 spiro atoms. The Morgan fingerprint density at radius 1 is 1.28 bits per heavy atom. The fourth-order valence-corrected chi connectivity index (χ4v) is 3.32. The molecule has 25 heavy (non-hydrogen) atoms.